The molecule has 3 heterocycles. The molecule has 6 rings (SSSR count). The second-order valence-corrected chi connectivity index (χ2v) is 13.2. The summed E-state index contributed by atoms with van der Waals surface area (Å²) in [6.07, 6.45) is 2.88. The van der Waals surface area contributed by atoms with Crippen molar-refractivity contribution in [1.29, 1.82) is 0 Å². The summed E-state index contributed by atoms with van der Waals surface area (Å²) < 4.78 is 0.994. The Morgan fingerprint density at radius 2 is 1.77 bits per heavy atom. The van der Waals surface area contributed by atoms with Crippen molar-refractivity contribution in [3.8, 4) is 0 Å². The lowest BCUT2D eigenvalue weighted by Gasteiger charge is -2.43. The molecule has 35 heavy (non-hydrogen) atoms. The molecule has 2 amide bonds. The van der Waals surface area contributed by atoms with Gasteiger partial charge in [0.1, 0.15) is 0 Å². The minimum atomic E-state index is -0.820. The van der Waals surface area contributed by atoms with E-state index in [9.17, 15) is 19.2 Å². The van der Waals surface area contributed by atoms with Gasteiger partial charge in [-0.25, -0.2) is 0 Å². The monoisotopic (exact) mass is 576 g/mol. The Bertz CT molecular complexity index is 1260. The number of unbranched alkanes of at least 4 members (excludes halogenated alkanes) is 2. The molecule has 2 aliphatic heterocycles. The number of carboxylic acids is 1. The van der Waals surface area contributed by atoms with Crippen molar-refractivity contribution in [3.63, 3.8) is 0 Å². The number of aromatic amines is 1. The van der Waals surface area contributed by atoms with E-state index in [0.29, 0.717) is 25.8 Å². The molecule has 184 valence electrons. The topological polar surface area (TPSA) is 108 Å². The van der Waals surface area contributed by atoms with E-state index in [1.54, 1.807) is 11.8 Å². The van der Waals surface area contributed by atoms with Gasteiger partial charge in [0, 0.05) is 33.5 Å². The van der Waals surface area contributed by atoms with Crippen molar-refractivity contribution in [3.05, 3.63) is 48.8 Å². The van der Waals surface area contributed by atoms with Gasteiger partial charge in [-0.1, -0.05) is 45.8 Å². The summed E-state index contributed by atoms with van der Waals surface area (Å²) in [6.45, 7) is 0.378. The third kappa shape index (κ3) is 3.74. The zero-order chi connectivity index (χ0) is 24.4. The Morgan fingerprint density at radius 1 is 1.06 bits per heavy atom. The van der Waals surface area contributed by atoms with Crippen LogP contribution in [0.1, 0.15) is 48.5 Å². The number of nitrogens with one attached hydrogen (secondary N) is 1. The number of nitrogens with zero attached hydrogens (tertiary/aromatic N) is 1. The number of aromatic nitrogens is 1. The maximum absolute atomic E-state index is 13.5. The number of rotatable bonds is 7. The number of halogens is 1. The van der Waals surface area contributed by atoms with Gasteiger partial charge in [-0.2, -0.15) is 0 Å². The van der Waals surface area contributed by atoms with E-state index in [-0.39, 0.29) is 63.9 Å². The van der Waals surface area contributed by atoms with Gasteiger partial charge in [0.15, 0.2) is 0 Å². The molecule has 2 bridgehead atoms. The molecule has 2 aliphatic carbocycles. The number of fused-ring (bicyclic) bond motifs is 9. The van der Waals surface area contributed by atoms with Crippen LogP contribution in [0.4, 0.5) is 0 Å². The van der Waals surface area contributed by atoms with Crippen LogP contribution in [0.3, 0.4) is 0 Å². The Labute approximate surface area is 218 Å². The molecule has 7 atom stereocenters. The van der Waals surface area contributed by atoms with E-state index >= 15 is 0 Å². The van der Waals surface area contributed by atoms with Crippen molar-refractivity contribution in [1.82, 2.24) is 9.88 Å². The van der Waals surface area contributed by atoms with E-state index in [0.717, 1.165) is 26.4 Å². The van der Waals surface area contributed by atoms with Crippen LogP contribution in [0.2, 0.25) is 0 Å². The third-order valence-corrected chi connectivity index (χ3v) is 11.4. The van der Waals surface area contributed by atoms with Gasteiger partial charge >= 0.3 is 10.8 Å². The highest BCUT2D eigenvalue weighted by Gasteiger charge is 2.69. The molecular formula is C25H25BrN2O5S2. The van der Waals surface area contributed by atoms with E-state index in [1.807, 2.05) is 12.1 Å². The number of amides is 2. The zero-order valence-corrected chi connectivity index (χ0v) is 22.0. The minimum absolute atomic E-state index is 0.0391. The zero-order valence-electron chi connectivity index (χ0n) is 18.8. The number of imide groups is 1. The molecule has 2 aromatic rings. The molecule has 10 heteroatoms. The molecule has 0 spiro atoms. The third-order valence-electron chi connectivity index (χ3n) is 8.32. The first-order valence-electron chi connectivity index (χ1n) is 12.1. The Kier molecular flexibility index (Phi) is 5.96. The summed E-state index contributed by atoms with van der Waals surface area (Å²) in [6, 6.07) is 8.25. The summed E-state index contributed by atoms with van der Waals surface area (Å²) in [7, 11) is 0. The molecule has 1 saturated heterocycles. The van der Waals surface area contributed by atoms with Gasteiger partial charge in [0.2, 0.25) is 11.8 Å². The average Bonchev–Trinajstić information content (AvgIpc) is 3.54. The van der Waals surface area contributed by atoms with E-state index in [4.69, 9.17) is 5.11 Å². The molecule has 1 aromatic heterocycles. The molecule has 1 aromatic carbocycles. The number of carboxylic acid groups (broad SMARTS) is 1. The van der Waals surface area contributed by atoms with Gasteiger partial charge < -0.3 is 10.1 Å². The number of aliphatic carboxylic acids is 1. The van der Waals surface area contributed by atoms with Crippen molar-refractivity contribution < 1.29 is 19.5 Å². The lowest BCUT2D eigenvalue weighted by molar-refractivity contribution is -0.141. The van der Waals surface area contributed by atoms with Crippen LogP contribution in [-0.4, -0.2) is 44.6 Å². The summed E-state index contributed by atoms with van der Waals surface area (Å²) in [5, 5.41) is 9.94. The lowest BCUT2D eigenvalue weighted by Crippen LogP contribution is -2.42. The molecule has 2 saturated carbocycles. The minimum Gasteiger partial charge on any atom is -0.481 e. The second-order valence-electron chi connectivity index (χ2n) is 10.0. The number of H-pyrrole nitrogens is 1. The smallest absolute Gasteiger partial charge is 0.305 e. The van der Waals surface area contributed by atoms with Gasteiger partial charge in [-0.05, 0) is 54.7 Å². The lowest BCUT2D eigenvalue weighted by atomic mass is 9.68. The summed E-state index contributed by atoms with van der Waals surface area (Å²) >= 11 is 6.49. The largest absolute Gasteiger partial charge is 0.481 e. The normalized spacial score (nSPS) is 32.6. The van der Waals surface area contributed by atoms with Gasteiger partial charge in [-0.15, -0.1) is 11.8 Å². The second kappa shape index (κ2) is 8.88. The molecule has 0 radical (unpaired) electrons. The number of likely N-dealkylation sites (tertiary alicyclic amines) is 1. The maximum atomic E-state index is 13.5. The summed E-state index contributed by atoms with van der Waals surface area (Å²) in [5.74, 6) is -0.957. The number of thioether (sulfide) groups is 1. The fourth-order valence-corrected chi connectivity index (χ4v) is 10.2. The number of benzene rings is 1. The van der Waals surface area contributed by atoms with Gasteiger partial charge in [0.25, 0.3) is 0 Å². The predicted molar refractivity (Wildman–Crippen MR) is 135 cm³/mol. The maximum Gasteiger partial charge on any atom is 0.305 e. The quantitative estimate of drug-likeness (QED) is 0.375. The summed E-state index contributed by atoms with van der Waals surface area (Å²) in [5.41, 5.74) is 1.15. The van der Waals surface area contributed by atoms with E-state index < -0.39 is 5.97 Å². The highest BCUT2D eigenvalue weighted by Crippen LogP contribution is 2.68. The van der Waals surface area contributed by atoms with E-state index in [2.05, 4.69) is 33.0 Å². The number of hydrogen-bond donors (Lipinski definition) is 2. The van der Waals surface area contributed by atoms with Crippen LogP contribution in [0.25, 0.3) is 0 Å². The first kappa shape index (κ1) is 23.5. The molecule has 2 N–H and O–H groups in total. The van der Waals surface area contributed by atoms with Crippen molar-refractivity contribution in [2.24, 2.45) is 29.6 Å². The van der Waals surface area contributed by atoms with Gasteiger partial charge in [0.05, 0.1) is 16.9 Å². The first-order chi connectivity index (χ1) is 16.8. The van der Waals surface area contributed by atoms with Crippen LogP contribution in [0, 0.1) is 29.6 Å². The highest BCUT2D eigenvalue weighted by molar-refractivity contribution is 9.10. The van der Waals surface area contributed by atoms with Crippen molar-refractivity contribution in [2.75, 3.05) is 6.54 Å². The van der Waals surface area contributed by atoms with Crippen molar-refractivity contribution in [2.45, 2.75) is 48.3 Å². The Balaban J connectivity index is 1.28. The van der Waals surface area contributed by atoms with Crippen molar-refractivity contribution >= 4 is 56.8 Å². The SMILES string of the molecule is O=C(O)CCCCCN1C(=O)C2C3CC(C2C1=O)C1C3Sc2[nH]c(=O)sc2[C@@H]1c1ccc(Br)cc1. The van der Waals surface area contributed by atoms with Crippen LogP contribution in [0.5, 0.6) is 0 Å². The highest BCUT2D eigenvalue weighted by atomic mass is 79.9. The standard InChI is InChI=1S/C25H25BrN2O5S2/c26-12-7-5-11(6-8-12)16-17-13-10-14(20(17)34-22-21(16)35-25(33)27-22)19-18(13)23(31)28(24(19)32)9-3-1-2-4-15(29)30/h5-8,13-14,16-20H,1-4,9-10H2,(H,27,33)(H,29,30)/t13?,14?,16-,17?,18?,19?,20?/m1/s1. The first-order valence-corrected chi connectivity index (χ1v) is 14.6. The number of thiazole rings is 1. The van der Waals surface area contributed by atoms with Gasteiger partial charge in [-0.3, -0.25) is 24.1 Å². The number of carbonyl (C=O) groups excluding carboxylic acids is 2. The van der Waals surface area contributed by atoms with E-state index in [1.165, 1.54) is 16.2 Å². The Hall–Kier alpha value is -1.91. The number of carbonyl (C=O) groups is 3. The average molecular weight is 578 g/mol. The van der Waals surface area contributed by atoms with Crippen LogP contribution in [0.15, 0.2) is 38.6 Å². The van der Waals surface area contributed by atoms with Crippen LogP contribution >= 0.6 is 39.0 Å². The summed E-state index contributed by atoms with van der Waals surface area (Å²) in [4.78, 5) is 55.5. The van der Waals surface area contributed by atoms with Crippen LogP contribution < -0.4 is 4.87 Å². The molecule has 7 nitrogen and oxygen atoms in total. The molecule has 6 unspecified atom stereocenters. The molecule has 4 aliphatic rings. The predicted octanol–water partition coefficient (Wildman–Crippen LogP) is 4.32. The molecular weight excluding hydrogens is 552 g/mol. The Morgan fingerprint density at radius 3 is 2.49 bits per heavy atom. The number of hydrogen-bond acceptors (Lipinski definition) is 6. The molecule has 3 fully saturated rings. The van der Waals surface area contributed by atoms with Crippen LogP contribution in [-0.2, 0) is 14.4 Å². The fourth-order valence-electron chi connectivity index (χ4n) is 7.07. The fraction of sp³-hybridized carbons (Fsp3) is 0.520.